The Morgan fingerprint density at radius 2 is 2.00 bits per heavy atom. The first-order valence-corrected chi connectivity index (χ1v) is 7.92. The van der Waals surface area contributed by atoms with Gasteiger partial charge in [-0.15, -0.1) is 0 Å². The van der Waals surface area contributed by atoms with Crippen LogP contribution >= 0.6 is 0 Å². The molecule has 2 aromatic rings. The van der Waals surface area contributed by atoms with Crippen LogP contribution in [0.2, 0.25) is 0 Å². The Balaban J connectivity index is 1.93. The second-order valence-electron chi connectivity index (χ2n) is 5.24. The summed E-state index contributed by atoms with van der Waals surface area (Å²) in [5, 5.41) is 8.76. The van der Waals surface area contributed by atoms with E-state index >= 15 is 0 Å². The molecule has 0 radical (unpaired) electrons. The molecule has 0 saturated heterocycles. The van der Waals surface area contributed by atoms with Gasteiger partial charge in [-0.3, -0.25) is 15.0 Å². The Morgan fingerprint density at radius 1 is 1.24 bits per heavy atom. The fourth-order valence-electron chi connectivity index (χ4n) is 2.26. The van der Waals surface area contributed by atoms with Crippen LogP contribution in [0.25, 0.3) is 0 Å². The minimum Gasteiger partial charge on any atom is -0.497 e. The lowest BCUT2D eigenvalue weighted by Crippen LogP contribution is -2.36. The first-order chi connectivity index (χ1) is 12.2. The summed E-state index contributed by atoms with van der Waals surface area (Å²) in [5.74, 6) is 0.854. The zero-order valence-corrected chi connectivity index (χ0v) is 14.3. The number of aromatic nitrogens is 1. The highest BCUT2D eigenvalue weighted by Crippen LogP contribution is 2.17. The largest absolute Gasteiger partial charge is 0.497 e. The number of amides is 1. The van der Waals surface area contributed by atoms with Gasteiger partial charge in [0.2, 0.25) is 0 Å². The predicted molar refractivity (Wildman–Crippen MR) is 90.6 cm³/mol. The van der Waals surface area contributed by atoms with Crippen molar-refractivity contribution < 1.29 is 24.2 Å². The summed E-state index contributed by atoms with van der Waals surface area (Å²) in [4.78, 5) is 15.8. The van der Waals surface area contributed by atoms with Gasteiger partial charge in [-0.25, -0.2) is 5.48 Å². The van der Waals surface area contributed by atoms with E-state index < -0.39 is 12.0 Å². The van der Waals surface area contributed by atoms with Crippen LogP contribution in [0.5, 0.6) is 11.5 Å². The number of carbonyl (C=O) groups is 1. The Labute approximate surface area is 146 Å². The monoisotopic (exact) mass is 346 g/mol. The average molecular weight is 346 g/mol. The number of nitrogens with one attached hydrogen (secondary N) is 1. The van der Waals surface area contributed by atoms with Gasteiger partial charge in [-0.05, 0) is 30.7 Å². The highest BCUT2D eigenvalue weighted by molar-refractivity contribution is 5.79. The third-order valence-electron chi connectivity index (χ3n) is 3.53. The standard InChI is InChI=1S/C18H22N2O5/c1-3-24-17(18(21)20-22)10-13-4-6-15(7-5-13)25-12-14-11-16(23-2)8-9-19-14/h4-9,11,17,22H,3,10,12H2,1-2H3,(H,20,21)/t17-/m0/s1. The number of carbonyl (C=O) groups excluding carboxylic acids is 1. The quantitative estimate of drug-likeness (QED) is 0.534. The molecule has 1 aromatic heterocycles. The summed E-state index contributed by atoms with van der Waals surface area (Å²) in [6, 6.07) is 10.9. The van der Waals surface area contributed by atoms with Gasteiger partial charge in [0.25, 0.3) is 5.91 Å². The molecule has 7 heteroatoms. The van der Waals surface area contributed by atoms with Gasteiger partial charge >= 0.3 is 0 Å². The minimum absolute atomic E-state index is 0.324. The molecule has 2 rings (SSSR count). The Morgan fingerprint density at radius 3 is 2.64 bits per heavy atom. The highest BCUT2D eigenvalue weighted by atomic mass is 16.5. The van der Waals surface area contributed by atoms with Gasteiger partial charge in [0, 0.05) is 25.3 Å². The lowest BCUT2D eigenvalue weighted by Gasteiger charge is -2.15. The fourth-order valence-corrected chi connectivity index (χ4v) is 2.26. The van der Waals surface area contributed by atoms with E-state index in [9.17, 15) is 4.79 Å². The maximum absolute atomic E-state index is 11.6. The van der Waals surface area contributed by atoms with E-state index in [1.807, 2.05) is 30.3 Å². The number of hydrogen-bond acceptors (Lipinski definition) is 6. The molecular weight excluding hydrogens is 324 g/mol. The molecule has 0 aliphatic carbocycles. The second kappa shape index (κ2) is 9.61. The second-order valence-corrected chi connectivity index (χ2v) is 5.24. The van der Waals surface area contributed by atoms with E-state index in [1.54, 1.807) is 31.8 Å². The lowest BCUT2D eigenvalue weighted by atomic mass is 10.1. The number of nitrogens with zero attached hydrogens (tertiary/aromatic N) is 1. The number of benzene rings is 1. The minimum atomic E-state index is -0.734. The van der Waals surface area contributed by atoms with Crippen LogP contribution < -0.4 is 15.0 Å². The molecule has 0 aliphatic heterocycles. The molecule has 2 N–H and O–H groups in total. The van der Waals surface area contributed by atoms with Crippen molar-refractivity contribution in [2.24, 2.45) is 0 Å². The molecule has 0 unspecified atom stereocenters. The number of hydroxylamine groups is 1. The molecular formula is C18H22N2O5. The zero-order chi connectivity index (χ0) is 18.1. The molecule has 1 atom stereocenters. The van der Waals surface area contributed by atoms with Gasteiger partial charge in [0.05, 0.1) is 12.8 Å². The van der Waals surface area contributed by atoms with Crippen LogP contribution in [0, 0.1) is 0 Å². The lowest BCUT2D eigenvalue weighted by molar-refractivity contribution is -0.141. The molecule has 0 spiro atoms. The number of rotatable bonds is 9. The van der Waals surface area contributed by atoms with E-state index in [-0.39, 0.29) is 0 Å². The van der Waals surface area contributed by atoms with Gasteiger partial charge in [0.1, 0.15) is 24.2 Å². The van der Waals surface area contributed by atoms with Crippen LogP contribution in [0.1, 0.15) is 18.2 Å². The van der Waals surface area contributed by atoms with Crippen molar-refractivity contribution in [1.29, 1.82) is 0 Å². The zero-order valence-electron chi connectivity index (χ0n) is 14.3. The molecule has 1 amide bonds. The summed E-state index contributed by atoms with van der Waals surface area (Å²) in [5.41, 5.74) is 3.28. The van der Waals surface area contributed by atoms with E-state index in [2.05, 4.69) is 4.98 Å². The maximum atomic E-state index is 11.6. The van der Waals surface area contributed by atoms with Gasteiger partial charge in [-0.1, -0.05) is 12.1 Å². The normalized spacial score (nSPS) is 11.6. The fraction of sp³-hybridized carbons (Fsp3) is 0.333. The summed E-state index contributed by atoms with van der Waals surface area (Å²) < 4.78 is 16.2. The summed E-state index contributed by atoms with van der Waals surface area (Å²) in [7, 11) is 1.60. The molecule has 1 aromatic carbocycles. The molecule has 134 valence electrons. The summed E-state index contributed by atoms with van der Waals surface area (Å²) in [6.07, 6.45) is 1.29. The topological polar surface area (TPSA) is 89.9 Å². The van der Waals surface area contributed by atoms with Crippen molar-refractivity contribution in [2.45, 2.75) is 26.1 Å². The number of pyridine rings is 1. The first kappa shape index (κ1) is 18.7. The average Bonchev–Trinajstić information content (AvgIpc) is 2.66. The van der Waals surface area contributed by atoms with E-state index in [0.29, 0.717) is 25.4 Å². The van der Waals surface area contributed by atoms with E-state index in [1.165, 1.54) is 0 Å². The van der Waals surface area contributed by atoms with Crippen molar-refractivity contribution in [3.63, 3.8) is 0 Å². The van der Waals surface area contributed by atoms with Crippen molar-refractivity contribution >= 4 is 5.91 Å². The molecule has 0 aliphatic rings. The SMILES string of the molecule is CCO[C@@H](Cc1ccc(OCc2cc(OC)ccn2)cc1)C(=O)NO. The summed E-state index contributed by atoms with van der Waals surface area (Å²) in [6.45, 7) is 2.50. The Kier molecular flexibility index (Phi) is 7.18. The summed E-state index contributed by atoms with van der Waals surface area (Å²) >= 11 is 0. The van der Waals surface area contributed by atoms with Crippen LogP contribution in [-0.4, -0.2) is 35.9 Å². The first-order valence-electron chi connectivity index (χ1n) is 7.92. The van der Waals surface area contributed by atoms with Crippen molar-refractivity contribution in [3.8, 4) is 11.5 Å². The van der Waals surface area contributed by atoms with E-state index in [4.69, 9.17) is 19.4 Å². The molecule has 25 heavy (non-hydrogen) atoms. The van der Waals surface area contributed by atoms with Gasteiger partial charge in [0.15, 0.2) is 0 Å². The van der Waals surface area contributed by atoms with Gasteiger partial charge < -0.3 is 14.2 Å². The maximum Gasteiger partial charge on any atom is 0.272 e. The Bertz CT molecular complexity index is 675. The van der Waals surface area contributed by atoms with Crippen molar-refractivity contribution in [3.05, 3.63) is 53.9 Å². The molecule has 0 saturated carbocycles. The third kappa shape index (κ3) is 5.74. The van der Waals surface area contributed by atoms with Crippen LogP contribution in [0.3, 0.4) is 0 Å². The van der Waals surface area contributed by atoms with Crippen LogP contribution in [0.15, 0.2) is 42.6 Å². The third-order valence-corrected chi connectivity index (χ3v) is 3.53. The van der Waals surface area contributed by atoms with Crippen molar-refractivity contribution in [2.75, 3.05) is 13.7 Å². The number of hydrogen-bond donors (Lipinski definition) is 2. The van der Waals surface area contributed by atoms with Crippen molar-refractivity contribution in [1.82, 2.24) is 10.5 Å². The molecule has 1 heterocycles. The highest BCUT2D eigenvalue weighted by Gasteiger charge is 2.18. The molecule has 7 nitrogen and oxygen atoms in total. The predicted octanol–water partition coefficient (Wildman–Crippen LogP) is 2.12. The van der Waals surface area contributed by atoms with E-state index in [0.717, 1.165) is 17.0 Å². The van der Waals surface area contributed by atoms with Crippen LogP contribution in [-0.2, 0) is 22.6 Å². The number of ether oxygens (including phenoxy) is 3. The van der Waals surface area contributed by atoms with Gasteiger partial charge in [-0.2, -0.15) is 0 Å². The smallest absolute Gasteiger partial charge is 0.272 e. The number of methoxy groups -OCH3 is 1. The Hall–Kier alpha value is -2.64. The molecule has 0 fully saturated rings. The molecule has 0 bridgehead atoms. The van der Waals surface area contributed by atoms with Crippen LogP contribution in [0.4, 0.5) is 0 Å².